The average molecular weight is 293 g/mol. The number of hydrogen-bond acceptors (Lipinski definition) is 3. The van der Waals surface area contributed by atoms with Crippen molar-refractivity contribution in [3.8, 4) is 0 Å². The molecule has 0 saturated heterocycles. The zero-order chi connectivity index (χ0) is 15.7. The monoisotopic (exact) mass is 293 g/mol. The predicted molar refractivity (Wildman–Crippen MR) is 85.0 cm³/mol. The topological polar surface area (TPSA) is 35.6 Å². The molecule has 21 heavy (non-hydrogen) atoms. The van der Waals surface area contributed by atoms with Crippen LogP contribution in [0.2, 0.25) is 0 Å². The Bertz CT molecular complexity index is 457. The lowest BCUT2D eigenvalue weighted by Gasteiger charge is -2.19. The summed E-state index contributed by atoms with van der Waals surface area (Å²) in [6, 6.07) is 6.39. The molecule has 116 valence electrons. The maximum Gasteiger partial charge on any atom is 0.243 e. The van der Waals surface area contributed by atoms with Gasteiger partial charge >= 0.3 is 0 Å². The molecular formula is C16H24FN3O. The molecule has 1 N–H and O–H groups in total. The normalized spacial score (nSPS) is 11.1. The van der Waals surface area contributed by atoms with Crippen molar-refractivity contribution in [1.29, 1.82) is 0 Å². The van der Waals surface area contributed by atoms with Gasteiger partial charge in [-0.15, -0.1) is 0 Å². The second-order valence-corrected chi connectivity index (χ2v) is 5.21. The van der Waals surface area contributed by atoms with E-state index in [2.05, 4.69) is 5.32 Å². The van der Waals surface area contributed by atoms with Gasteiger partial charge in [0.25, 0.3) is 0 Å². The summed E-state index contributed by atoms with van der Waals surface area (Å²) in [6.07, 6.45) is 4.23. The molecule has 1 aromatic carbocycles. The van der Waals surface area contributed by atoms with Gasteiger partial charge < -0.3 is 15.1 Å². The highest BCUT2D eigenvalue weighted by atomic mass is 19.1. The molecule has 0 aliphatic rings. The van der Waals surface area contributed by atoms with E-state index in [9.17, 15) is 9.18 Å². The fraction of sp³-hybridized carbons (Fsp3) is 0.438. The molecule has 0 unspecified atom stereocenters. The van der Waals surface area contributed by atoms with Gasteiger partial charge in [0, 0.05) is 38.4 Å². The van der Waals surface area contributed by atoms with Gasteiger partial charge in [0.2, 0.25) is 5.91 Å². The van der Waals surface area contributed by atoms with Crippen molar-refractivity contribution in [3.63, 3.8) is 0 Å². The van der Waals surface area contributed by atoms with Gasteiger partial charge in [-0.1, -0.05) is 6.08 Å². The third-order valence-electron chi connectivity index (χ3n) is 2.98. The summed E-state index contributed by atoms with van der Waals surface area (Å²) in [5.74, 6) is -0.301. The van der Waals surface area contributed by atoms with Crippen LogP contribution in [0.4, 0.5) is 10.1 Å². The van der Waals surface area contributed by atoms with E-state index in [1.165, 1.54) is 12.1 Å². The molecule has 0 fully saturated rings. The van der Waals surface area contributed by atoms with Crippen molar-refractivity contribution in [2.24, 2.45) is 0 Å². The molecule has 0 saturated carbocycles. The van der Waals surface area contributed by atoms with Crippen LogP contribution < -0.4 is 10.2 Å². The van der Waals surface area contributed by atoms with Crippen molar-refractivity contribution in [2.75, 3.05) is 45.7 Å². The minimum absolute atomic E-state index is 0.0683. The summed E-state index contributed by atoms with van der Waals surface area (Å²) in [5, 5.41) is 2.84. The number of benzene rings is 1. The SMILES string of the molecule is CN(C)C/C=C/C(=O)NCCCN(C)c1ccc(F)cc1. The van der Waals surface area contributed by atoms with E-state index in [1.54, 1.807) is 18.2 Å². The maximum atomic E-state index is 12.8. The van der Waals surface area contributed by atoms with E-state index in [1.807, 2.05) is 37.0 Å². The molecule has 0 radical (unpaired) electrons. The first-order valence-electron chi connectivity index (χ1n) is 7.05. The molecule has 0 spiro atoms. The predicted octanol–water partition coefficient (Wildman–Crippen LogP) is 1.89. The van der Waals surface area contributed by atoms with Crippen molar-refractivity contribution in [3.05, 3.63) is 42.2 Å². The van der Waals surface area contributed by atoms with Gasteiger partial charge in [0.05, 0.1) is 0 Å². The standard InChI is InChI=1S/C16H24FN3O/c1-19(2)12-4-6-16(21)18-11-5-13-20(3)15-9-7-14(17)8-10-15/h4,6-10H,5,11-13H2,1-3H3,(H,18,21)/b6-4+. The lowest BCUT2D eigenvalue weighted by atomic mass is 10.2. The smallest absolute Gasteiger partial charge is 0.243 e. The molecule has 1 aromatic rings. The van der Waals surface area contributed by atoms with E-state index >= 15 is 0 Å². The molecule has 0 atom stereocenters. The molecule has 0 heterocycles. The Hall–Kier alpha value is -1.88. The molecule has 1 amide bonds. The largest absolute Gasteiger partial charge is 0.375 e. The number of rotatable bonds is 8. The van der Waals surface area contributed by atoms with Crippen LogP contribution in [0.3, 0.4) is 0 Å². The summed E-state index contributed by atoms with van der Waals surface area (Å²) in [7, 11) is 5.85. The summed E-state index contributed by atoms with van der Waals surface area (Å²) >= 11 is 0. The zero-order valence-electron chi connectivity index (χ0n) is 13.0. The first-order chi connectivity index (χ1) is 9.99. The number of hydrogen-bond donors (Lipinski definition) is 1. The first kappa shape index (κ1) is 17.2. The lowest BCUT2D eigenvalue weighted by molar-refractivity contribution is -0.116. The number of carbonyl (C=O) groups is 1. The molecular weight excluding hydrogens is 269 g/mol. The van der Waals surface area contributed by atoms with Gasteiger partial charge in [-0.25, -0.2) is 4.39 Å². The van der Waals surface area contributed by atoms with Crippen molar-refractivity contribution >= 4 is 11.6 Å². The number of amides is 1. The molecule has 0 aliphatic heterocycles. The van der Waals surface area contributed by atoms with Crippen LogP contribution in [0, 0.1) is 5.82 Å². The Balaban J connectivity index is 2.20. The lowest BCUT2D eigenvalue weighted by Crippen LogP contribution is -2.27. The summed E-state index contributed by atoms with van der Waals surface area (Å²) in [5.41, 5.74) is 0.966. The van der Waals surface area contributed by atoms with Gasteiger partial charge in [0.1, 0.15) is 5.82 Å². The average Bonchev–Trinajstić information content (AvgIpc) is 2.43. The second-order valence-electron chi connectivity index (χ2n) is 5.21. The molecule has 0 aromatic heterocycles. The summed E-state index contributed by atoms with van der Waals surface area (Å²) in [6.45, 7) is 2.17. The summed E-state index contributed by atoms with van der Waals surface area (Å²) in [4.78, 5) is 15.5. The van der Waals surface area contributed by atoms with Gasteiger partial charge in [-0.3, -0.25) is 4.79 Å². The van der Waals surface area contributed by atoms with E-state index < -0.39 is 0 Å². The number of nitrogens with zero attached hydrogens (tertiary/aromatic N) is 2. The van der Waals surface area contributed by atoms with Gasteiger partial charge in [-0.2, -0.15) is 0 Å². The second kappa shape index (κ2) is 9.13. The fourth-order valence-electron chi connectivity index (χ4n) is 1.78. The van der Waals surface area contributed by atoms with Crippen LogP contribution in [-0.4, -0.2) is 51.6 Å². The highest BCUT2D eigenvalue weighted by Crippen LogP contribution is 2.12. The number of halogens is 1. The number of carbonyl (C=O) groups excluding carboxylic acids is 1. The maximum absolute atomic E-state index is 12.8. The Labute approximate surface area is 126 Å². The summed E-state index contributed by atoms with van der Waals surface area (Å²) < 4.78 is 12.8. The third-order valence-corrected chi connectivity index (χ3v) is 2.98. The Morgan fingerprint density at radius 3 is 2.52 bits per heavy atom. The number of anilines is 1. The number of nitrogens with one attached hydrogen (secondary N) is 1. The van der Waals surface area contributed by atoms with E-state index in [0.29, 0.717) is 6.54 Å². The molecule has 0 bridgehead atoms. The minimum Gasteiger partial charge on any atom is -0.375 e. The highest BCUT2D eigenvalue weighted by Gasteiger charge is 2.01. The van der Waals surface area contributed by atoms with Crippen LogP contribution in [0.1, 0.15) is 6.42 Å². The highest BCUT2D eigenvalue weighted by molar-refractivity contribution is 5.87. The van der Waals surface area contributed by atoms with Crippen LogP contribution in [0.5, 0.6) is 0 Å². The van der Waals surface area contributed by atoms with E-state index in [-0.39, 0.29) is 11.7 Å². The third kappa shape index (κ3) is 7.46. The Morgan fingerprint density at radius 1 is 1.24 bits per heavy atom. The van der Waals surface area contributed by atoms with Crippen molar-refractivity contribution in [2.45, 2.75) is 6.42 Å². The van der Waals surface area contributed by atoms with Crippen LogP contribution >= 0.6 is 0 Å². The minimum atomic E-state index is -0.232. The molecule has 5 heteroatoms. The quantitative estimate of drug-likeness (QED) is 0.587. The first-order valence-corrected chi connectivity index (χ1v) is 7.05. The Kier molecular flexibility index (Phi) is 7.46. The Morgan fingerprint density at radius 2 is 1.90 bits per heavy atom. The fourth-order valence-corrected chi connectivity index (χ4v) is 1.78. The molecule has 0 aliphatic carbocycles. The molecule has 1 rings (SSSR count). The van der Waals surface area contributed by atoms with Crippen LogP contribution in [0.15, 0.2) is 36.4 Å². The van der Waals surface area contributed by atoms with Crippen LogP contribution in [0.25, 0.3) is 0 Å². The van der Waals surface area contributed by atoms with Crippen LogP contribution in [-0.2, 0) is 4.79 Å². The molecule has 4 nitrogen and oxygen atoms in total. The van der Waals surface area contributed by atoms with Crippen molar-refractivity contribution in [1.82, 2.24) is 10.2 Å². The van der Waals surface area contributed by atoms with E-state index in [0.717, 1.165) is 25.2 Å². The van der Waals surface area contributed by atoms with Gasteiger partial charge in [0.15, 0.2) is 0 Å². The van der Waals surface area contributed by atoms with E-state index in [4.69, 9.17) is 0 Å². The van der Waals surface area contributed by atoms with Crippen molar-refractivity contribution < 1.29 is 9.18 Å². The number of likely N-dealkylation sites (N-methyl/N-ethyl adjacent to an activating group) is 1. The van der Waals surface area contributed by atoms with Gasteiger partial charge in [-0.05, 0) is 44.8 Å². The zero-order valence-corrected chi connectivity index (χ0v) is 13.0.